The molecule has 0 radical (unpaired) electrons. The second-order valence-electron chi connectivity index (χ2n) is 6.29. The first-order valence-electron chi connectivity index (χ1n) is 8.57. The number of hydrogen-bond donors (Lipinski definition) is 0. The van der Waals surface area contributed by atoms with Gasteiger partial charge in [0.05, 0.1) is 11.1 Å². The SMILES string of the molecule is O=C(Cn1nc(-c2ccc(Cl)cc2)c2ccccc2c1=O)c1ccc(Cl)cc1. The quantitative estimate of drug-likeness (QED) is 0.433. The number of ketones is 1. The maximum atomic E-state index is 12.9. The maximum Gasteiger partial charge on any atom is 0.275 e. The minimum Gasteiger partial charge on any atom is -0.292 e. The summed E-state index contributed by atoms with van der Waals surface area (Å²) in [5, 5.41) is 6.88. The molecule has 0 saturated heterocycles. The van der Waals surface area contributed by atoms with Gasteiger partial charge in [0.1, 0.15) is 6.54 Å². The molecular formula is C22H14Cl2N2O2. The highest BCUT2D eigenvalue weighted by Crippen LogP contribution is 2.26. The van der Waals surface area contributed by atoms with Gasteiger partial charge >= 0.3 is 0 Å². The highest BCUT2D eigenvalue weighted by molar-refractivity contribution is 6.31. The molecule has 0 N–H and O–H groups in total. The largest absolute Gasteiger partial charge is 0.292 e. The fourth-order valence-corrected chi connectivity index (χ4v) is 3.28. The van der Waals surface area contributed by atoms with Crippen molar-refractivity contribution in [2.75, 3.05) is 0 Å². The van der Waals surface area contributed by atoms with E-state index in [-0.39, 0.29) is 17.9 Å². The van der Waals surface area contributed by atoms with E-state index in [0.29, 0.717) is 26.7 Å². The van der Waals surface area contributed by atoms with E-state index in [9.17, 15) is 9.59 Å². The average Bonchev–Trinajstić information content (AvgIpc) is 2.71. The molecule has 1 aromatic heterocycles. The minimum atomic E-state index is -0.310. The molecule has 0 aliphatic heterocycles. The standard InChI is InChI=1S/C22H14Cl2N2O2/c23-16-9-5-14(6-10-16)20(27)13-26-22(28)19-4-2-1-3-18(19)21(25-26)15-7-11-17(24)12-8-15/h1-12H,13H2. The molecule has 4 rings (SSSR count). The zero-order chi connectivity index (χ0) is 19.7. The molecule has 0 fully saturated rings. The van der Waals surface area contributed by atoms with Crippen molar-refractivity contribution in [3.05, 3.63) is 98.8 Å². The smallest absolute Gasteiger partial charge is 0.275 e. The highest BCUT2D eigenvalue weighted by atomic mass is 35.5. The Morgan fingerprint density at radius 3 is 2.04 bits per heavy atom. The number of benzene rings is 3. The van der Waals surface area contributed by atoms with Gasteiger partial charge in [0, 0.05) is 26.6 Å². The Morgan fingerprint density at radius 2 is 1.39 bits per heavy atom. The molecular weight excluding hydrogens is 395 g/mol. The summed E-state index contributed by atoms with van der Waals surface area (Å²) in [7, 11) is 0. The molecule has 28 heavy (non-hydrogen) atoms. The van der Waals surface area contributed by atoms with Crippen LogP contribution in [0.3, 0.4) is 0 Å². The monoisotopic (exact) mass is 408 g/mol. The van der Waals surface area contributed by atoms with Gasteiger partial charge in [0.25, 0.3) is 5.56 Å². The second kappa shape index (κ2) is 7.58. The van der Waals surface area contributed by atoms with Crippen LogP contribution in [0.1, 0.15) is 10.4 Å². The van der Waals surface area contributed by atoms with Crippen molar-refractivity contribution < 1.29 is 4.79 Å². The molecule has 0 atom stereocenters. The Kier molecular flexibility index (Phi) is 4.99. The first-order valence-corrected chi connectivity index (χ1v) is 9.33. The molecule has 4 aromatic rings. The van der Waals surface area contributed by atoms with Crippen LogP contribution in [-0.2, 0) is 6.54 Å². The topological polar surface area (TPSA) is 52.0 Å². The van der Waals surface area contributed by atoms with Crippen LogP contribution in [0, 0.1) is 0 Å². The number of aromatic nitrogens is 2. The number of nitrogens with zero attached hydrogens (tertiary/aromatic N) is 2. The van der Waals surface area contributed by atoms with Gasteiger partial charge < -0.3 is 0 Å². The lowest BCUT2D eigenvalue weighted by Crippen LogP contribution is -2.27. The molecule has 0 aliphatic rings. The van der Waals surface area contributed by atoms with Crippen molar-refractivity contribution in [3.8, 4) is 11.3 Å². The Morgan fingerprint density at radius 1 is 0.821 bits per heavy atom. The summed E-state index contributed by atoms with van der Waals surface area (Å²) in [6.45, 7) is -0.161. The summed E-state index contributed by atoms with van der Waals surface area (Å²) < 4.78 is 1.21. The maximum absolute atomic E-state index is 12.9. The average molecular weight is 409 g/mol. The van der Waals surface area contributed by atoms with Crippen LogP contribution < -0.4 is 5.56 Å². The van der Waals surface area contributed by atoms with Gasteiger partial charge in [0.15, 0.2) is 5.78 Å². The molecule has 6 heteroatoms. The van der Waals surface area contributed by atoms with Gasteiger partial charge in [-0.3, -0.25) is 9.59 Å². The Labute approximate surface area is 171 Å². The van der Waals surface area contributed by atoms with Crippen LogP contribution in [0.2, 0.25) is 10.0 Å². The van der Waals surface area contributed by atoms with E-state index in [2.05, 4.69) is 5.10 Å². The van der Waals surface area contributed by atoms with Gasteiger partial charge in [-0.15, -0.1) is 0 Å². The van der Waals surface area contributed by atoms with Crippen molar-refractivity contribution in [1.82, 2.24) is 9.78 Å². The van der Waals surface area contributed by atoms with Crippen molar-refractivity contribution in [2.45, 2.75) is 6.54 Å². The molecule has 0 spiro atoms. The first-order chi connectivity index (χ1) is 13.5. The summed E-state index contributed by atoms with van der Waals surface area (Å²) in [4.78, 5) is 25.5. The van der Waals surface area contributed by atoms with E-state index in [0.717, 1.165) is 10.9 Å². The zero-order valence-electron chi connectivity index (χ0n) is 14.6. The van der Waals surface area contributed by atoms with Crippen molar-refractivity contribution in [1.29, 1.82) is 0 Å². The molecule has 0 saturated carbocycles. The summed E-state index contributed by atoms with van der Waals surface area (Å²) in [6, 6.07) is 21.0. The number of hydrogen-bond acceptors (Lipinski definition) is 3. The van der Waals surface area contributed by atoms with Crippen LogP contribution >= 0.6 is 23.2 Å². The van der Waals surface area contributed by atoms with Gasteiger partial charge in [-0.2, -0.15) is 5.10 Å². The van der Waals surface area contributed by atoms with Crippen molar-refractivity contribution in [3.63, 3.8) is 0 Å². The van der Waals surface area contributed by atoms with E-state index in [1.54, 1.807) is 48.5 Å². The predicted octanol–water partition coefficient (Wildman–Crippen LogP) is 5.25. The lowest BCUT2D eigenvalue weighted by molar-refractivity contribution is 0.0966. The summed E-state index contributed by atoms with van der Waals surface area (Å²) in [6.07, 6.45) is 0. The molecule has 3 aromatic carbocycles. The fraction of sp³-hybridized carbons (Fsp3) is 0.0455. The number of fused-ring (bicyclic) bond motifs is 1. The van der Waals surface area contributed by atoms with Crippen LogP contribution in [-0.4, -0.2) is 15.6 Å². The van der Waals surface area contributed by atoms with E-state index < -0.39 is 0 Å². The van der Waals surface area contributed by atoms with E-state index >= 15 is 0 Å². The first kappa shape index (κ1) is 18.4. The molecule has 4 nitrogen and oxygen atoms in total. The normalized spacial score (nSPS) is 10.9. The van der Waals surface area contributed by atoms with Crippen molar-refractivity contribution in [2.24, 2.45) is 0 Å². The lowest BCUT2D eigenvalue weighted by Gasteiger charge is -2.11. The molecule has 138 valence electrons. The number of carbonyl (C=O) groups is 1. The van der Waals surface area contributed by atoms with Crippen LogP contribution in [0.4, 0.5) is 0 Å². The van der Waals surface area contributed by atoms with Crippen LogP contribution in [0.25, 0.3) is 22.0 Å². The third kappa shape index (κ3) is 3.57. The highest BCUT2D eigenvalue weighted by Gasteiger charge is 2.15. The fourth-order valence-electron chi connectivity index (χ4n) is 3.03. The third-order valence-electron chi connectivity index (χ3n) is 4.44. The lowest BCUT2D eigenvalue weighted by atomic mass is 10.0. The predicted molar refractivity (Wildman–Crippen MR) is 112 cm³/mol. The molecule has 0 aliphatic carbocycles. The van der Waals surface area contributed by atoms with Gasteiger partial charge in [-0.05, 0) is 42.5 Å². The van der Waals surface area contributed by atoms with Crippen LogP contribution in [0.5, 0.6) is 0 Å². The van der Waals surface area contributed by atoms with E-state index in [4.69, 9.17) is 23.2 Å². The van der Waals surface area contributed by atoms with E-state index in [1.165, 1.54) is 4.68 Å². The zero-order valence-corrected chi connectivity index (χ0v) is 16.1. The van der Waals surface area contributed by atoms with Crippen molar-refractivity contribution >= 4 is 39.8 Å². The minimum absolute atomic E-state index is 0.161. The van der Waals surface area contributed by atoms with Crippen LogP contribution in [0.15, 0.2) is 77.6 Å². The second-order valence-corrected chi connectivity index (χ2v) is 7.17. The number of rotatable bonds is 4. The number of halogens is 2. The molecule has 0 amide bonds. The molecule has 0 bridgehead atoms. The summed E-state index contributed by atoms with van der Waals surface area (Å²) >= 11 is 11.9. The van der Waals surface area contributed by atoms with Gasteiger partial charge in [-0.1, -0.05) is 53.5 Å². The summed E-state index contributed by atoms with van der Waals surface area (Å²) in [5.41, 5.74) is 1.60. The number of carbonyl (C=O) groups excluding carboxylic acids is 1. The molecule has 0 unspecified atom stereocenters. The third-order valence-corrected chi connectivity index (χ3v) is 4.95. The Balaban J connectivity index is 1.83. The Bertz CT molecular complexity index is 1230. The summed E-state index contributed by atoms with van der Waals surface area (Å²) in [5.74, 6) is -0.219. The van der Waals surface area contributed by atoms with Gasteiger partial charge in [0.2, 0.25) is 0 Å². The van der Waals surface area contributed by atoms with Gasteiger partial charge in [-0.25, -0.2) is 4.68 Å². The van der Waals surface area contributed by atoms with E-state index in [1.807, 2.05) is 24.3 Å². The number of Topliss-reactive ketones (excluding diaryl/α,β-unsaturated/α-hetero) is 1. The molecule has 1 heterocycles. The Hall–Kier alpha value is -2.95.